The van der Waals surface area contributed by atoms with Crippen LogP contribution in [-0.4, -0.2) is 27.6 Å². The first kappa shape index (κ1) is 25.7. The molecule has 0 radical (unpaired) electrons. The van der Waals surface area contributed by atoms with Crippen molar-refractivity contribution in [1.82, 2.24) is 14.5 Å². The number of rotatable bonds is 3. The van der Waals surface area contributed by atoms with Crippen LogP contribution in [0.3, 0.4) is 0 Å². The SMILES string of the molecule is CC.Cn1c(N2CCC3(CCCC3)CC2)nc(N)c(Sc2ccnc(Cl)c2C(F)(F)F)c1=O. The Balaban J connectivity index is 0.00000149. The van der Waals surface area contributed by atoms with E-state index in [0.717, 1.165) is 38.2 Å². The molecule has 11 heteroatoms. The summed E-state index contributed by atoms with van der Waals surface area (Å²) < 4.78 is 41.7. The molecule has 0 bridgehead atoms. The van der Waals surface area contributed by atoms with E-state index in [-0.39, 0.29) is 15.6 Å². The molecule has 1 spiro atoms. The van der Waals surface area contributed by atoms with E-state index in [0.29, 0.717) is 23.1 Å². The first-order chi connectivity index (χ1) is 15.6. The van der Waals surface area contributed by atoms with Gasteiger partial charge in [-0.3, -0.25) is 9.36 Å². The predicted octanol–water partition coefficient (Wildman–Crippen LogP) is 5.77. The highest BCUT2D eigenvalue weighted by Crippen LogP contribution is 2.47. The molecule has 1 saturated heterocycles. The Labute approximate surface area is 200 Å². The Bertz CT molecular complexity index is 1040. The van der Waals surface area contributed by atoms with Crippen molar-refractivity contribution in [3.63, 3.8) is 0 Å². The lowest BCUT2D eigenvalue weighted by Crippen LogP contribution is -2.42. The number of hydrogen-bond acceptors (Lipinski definition) is 6. The minimum absolute atomic E-state index is 0.0664. The van der Waals surface area contributed by atoms with Gasteiger partial charge in [0.25, 0.3) is 5.56 Å². The van der Waals surface area contributed by atoms with Gasteiger partial charge in [0.1, 0.15) is 21.4 Å². The van der Waals surface area contributed by atoms with Crippen molar-refractivity contribution >= 4 is 35.1 Å². The fraction of sp³-hybridized carbons (Fsp3) is 0.591. The molecule has 0 atom stereocenters. The van der Waals surface area contributed by atoms with Gasteiger partial charge >= 0.3 is 6.18 Å². The summed E-state index contributed by atoms with van der Waals surface area (Å²) in [5.41, 5.74) is 4.88. The molecule has 2 fully saturated rings. The molecule has 2 aliphatic rings. The molecule has 6 nitrogen and oxygen atoms in total. The number of nitrogen functional groups attached to an aromatic ring is 1. The quantitative estimate of drug-likeness (QED) is 0.536. The highest BCUT2D eigenvalue weighted by Gasteiger charge is 2.39. The van der Waals surface area contributed by atoms with Gasteiger partial charge in [0.05, 0.1) is 0 Å². The lowest BCUT2D eigenvalue weighted by atomic mass is 9.77. The van der Waals surface area contributed by atoms with Crippen LogP contribution in [0.4, 0.5) is 24.9 Å². The third-order valence-corrected chi connectivity index (χ3v) is 7.82. The zero-order chi connectivity index (χ0) is 24.4. The first-order valence-corrected chi connectivity index (χ1v) is 12.3. The van der Waals surface area contributed by atoms with Crippen molar-refractivity contribution in [2.45, 2.75) is 68.3 Å². The smallest absolute Gasteiger partial charge is 0.382 e. The molecule has 1 aliphatic heterocycles. The molecule has 1 saturated carbocycles. The molecule has 0 aromatic carbocycles. The van der Waals surface area contributed by atoms with Crippen LogP contribution in [0.2, 0.25) is 5.15 Å². The monoisotopic (exact) mass is 503 g/mol. The molecule has 182 valence electrons. The maximum atomic E-state index is 13.5. The van der Waals surface area contributed by atoms with E-state index in [2.05, 4.69) is 9.97 Å². The molecule has 0 amide bonds. The molecule has 2 aromatic rings. The van der Waals surface area contributed by atoms with Crippen molar-refractivity contribution in [3.05, 3.63) is 33.3 Å². The van der Waals surface area contributed by atoms with Gasteiger partial charge in [-0.2, -0.15) is 18.2 Å². The number of hydrogen-bond donors (Lipinski definition) is 1. The van der Waals surface area contributed by atoms with Gasteiger partial charge < -0.3 is 10.6 Å². The molecular weight excluding hydrogens is 475 g/mol. The summed E-state index contributed by atoms with van der Waals surface area (Å²) in [6.07, 6.45) is 3.58. The zero-order valence-electron chi connectivity index (χ0n) is 19.0. The van der Waals surface area contributed by atoms with Gasteiger partial charge in [0.15, 0.2) is 0 Å². The van der Waals surface area contributed by atoms with Crippen LogP contribution >= 0.6 is 23.4 Å². The average molecular weight is 504 g/mol. The third-order valence-electron chi connectivity index (χ3n) is 6.39. The number of nitrogens with two attached hydrogens (primary N) is 1. The van der Waals surface area contributed by atoms with E-state index < -0.39 is 22.5 Å². The summed E-state index contributed by atoms with van der Waals surface area (Å²) in [4.78, 5) is 22.7. The van der Waals surface area contributed by atoms with Crippen molar-refractivity contribution < 1.29 is 13.2 Å². The van der Waals surface area contributed by atoms with E-state index >= 15 is 0 Å². The summed E-state index contributed by atoms with van der Waals surface area (Å²) >= 11 is 6.30. The summed E-state index contributed by atoms with van der Waals surface area (Å²) in [5, 5.41) is -0.674. The molecule has 2 aromatic heterocycles. The van der Waals surface area contributed by atoms with E-state index in [1.165, 1.54) is 30.3 Å². The molecule has 4 rings (SSSR count). The minimum atomic E-state index is -4.72. The number of nitrogens with zero attached hydrogens (tertiary/aromatic N) is 4. The largest absolute Gasteiger partial charge is 0.420 e. The molecule has 2 N–H and O–H groups in total. The normalized spacial score (nSPS) is 17.7. The average Bonchev–Trinajstić information content (AvgIpc) is 3.23. The number of halogens is 4. The Morgan fingerprint density at radius 3 is 2.33 bits per heavy atom. The highest BCUT2D eigenvalue weighted by atomic mass is 35.5. The molecule has 1 aliphatic carbocycles. The van der Waals surface area contributed by atoms with Crippen LogP contribution in [0, 0.1) is 5.41 Å². The summed E-state index contributed by atoms with van der Waals surface area (Å²) in [6, 6.07) is 1.16. The Morgan fingerprint density at radius 2 is 1.76 bits per heavy atom. The molecule has 33 heavy (non-hydrogen) atoms. The summed E-state index contributed by atoms with van der Waals surface area (Å²) in [7, 11) is 1.57. The van der Waals surface area contributed by atoms with E-state index in [9.17, 15) is 18.0 Å². The van der Waals surface area contributed by atoms with Crippen LogP contribution in [0.5, 0.6) is 0 Å². The number of pyridine rings is 1. The van der Waals surface area contributed by atoms with E-state index in [1.54, 1.807) is 7.05 Å². The number of anilines is 2. The van der Waals surface area contributed by atoms with Crippen LogP contribution in [-0.2, 0) is 13.2 Å². The topological polar surface area (TPSA) is 77.0 Å². The Kier molecular flexibility index (Phi) is 7.88. The van der Waals surface area contributed by atoms with Gasteiger partial charge in [-0.25, -0.2) is 4.98 Å². The van der Waals surface area contributed by atoms with E-state index in [1.807, 2.05) is 18.7 Å². The van der Waals surface area contributed by atoms with Gasteiger partial charge in [-0.15, -0.1) is 0 Å². The van der Waals surface area contributed by atoms with Crippen LogP contribution in [0.15, 0.2) is 26.8 Å². The van der Waals surface area contributed by atoms with Crippen molar-refractivity contribution in [1.29, 1.82) is 0 Å². The fourth-order valence-electron chi connectivity index (χ4n) is 4.64. The number of aromatic nitrogens is 3. The second-order valence-corrected chi connectivity index (χ2v) is 9.67. The summed E-state index contributed by atoms with van der Waals surface area (Å²) in [5.74, 6) is 0.355. The number of piperidine rings is 1. The Morgan fingerprint density at radius 1 is 1.15 bits per heavy atom. The summed E-state index contributed by atoms with van der Waals surface area (Å²) in [6.45, 7) is 5.56. The van der Waals surface area contributed by atoms with Crippen LogP contribution < -0.4 is 16.2 Å². The lowest BCUT2D eigenvalue weighted by Gasteiger charge is -2.40. The van der Waals surface area contributed by atoms with Gasteiger partial charge in [-0.1, -0.05) is 50.1 Å². The lowest BCUT2D eigenvalue weighted by molar-refractivity contribution is -0.139. The second-order valence-electron chi connectivity index (χ2n) is 8.26. The third kappa shape index (κ3) is 5.26. The minimum Gasteiger partial charge on any atom is -0.382 e. The first-order valence-electron chi connectivity index (χ1n) is 11.1. The van der Waals surface area contributed by atoms with Crippen molar-refractivity contribution in [2.75, 3.05) is 23.7 Å². The van der Waals surface area contributed by atoms with Crippen molar-refractivity contribution in [3.8, 4) is 0 Å². The van der Waals surface area contributed by atoms with Gasteiger partial charge in [0.2, 0.25) is 5.95 Å². The highest BCUT2D eigenvalue weighted by molar-refractivity contribution is 7.99. The second kappa shape index (κ2) is 10.1. The standard InChI is InChI=1S/C20H23ClF3N5OS.C2H6/c1-28-17(30)14(31-12-4-9-26-15(21)13(12)20(22,23)24)16(25)27-18(28)29-10-7-19(8-11-29)5-2-3-6-19;1-2/h4,9H,2-3,5-8,10-11,25H2,1H3;1-2H3. The van der Waals surface area contributed by atoms with Crippen molar-refractivity contribution in [2.24, 2.45) is 12.5 Å². The maximum absolute atomic E-state index is 13.5. The number of alkyl halides is 3. The molecular formula is C22H29ClF3N5OS. The van der Waals surface area contributed by atoms with E-state index in [4.69, 9.17) is 17.3 Å². The van der Waals surface area contributed by atoms with Gasteiger partial charge in [-0.05, 0) is 37.2 Å². The fourth-order valence-corrected chi connectivity index (χ4v) is 6.00. The van der Waals surface area contributed by atoms with Crippen LogP contribution in [0.1, 0.15) is 57.9 Å². The maximum Gasteiger partial charge on any atom is 0.420 e. The predicted molar refractivity (Wildman–Crippen MR) is 126 cm³/mol. The molecule has 0 unspecified atom stereocenters. The molecule has 3 heterocycles. The zero-order valence-corrected chi connectivity index (χ0v) is 20.6. The van der Waals surface area contributed by atoms with Crippen LogP contribution in [0.25, 0.3) is 0 Å². The Hall–Kier alpha value is -1.94. The van der Waals surface area contributed by atoms with Gasteiger partial charge in [0, 0.05) is 31.2 Å².